The van der Waals surface area contributed by atoms with Crippen molar-refractivity contribution in [2.24, 2.45) is 11.7 Å². The van der Waals surface area contributed by atoms with Gasteiger partial charge in [-0.25, -0.2) is 0 Å². The number of nitrogens with zero attached hydrogens (tertiary/aromatic N) is 1. The average Bonchev–Trinajstić information content (AvgIpc) is 2.94. The van der Waals surface area contributed by atoms with Crippen LogP contribution in [0, 0.1) is 5.92 Å². The van der Waals surface area contributed by atoms with E-state index in [2.05, 4.69) is 5.32 Å². The number of nitrogens with two attached hydrogens (primary N) is 1. The Hall–Kier alpha value is -0.240. The van der Waals surface area contributed by atoms with Crippen LogP contribution < -0.4 is 11.1 Å². The summed E-state index contributed by atoms with van der Waals surface area (Å²) in [6.45, 7) is 0.385. The van der Waals surface area contributed by atoms with Gasteiger partial charge in [0.25, 0.3) is 0 Å². The van der Waals surface area contributed by atoms with Gasteiger partial charge in [-0.2, -0.15) is 13.2 Å². The van der Waals surface area contributed by atoms with Crippen molar-refractivity contribution >= 4 is 30.7 Å². The molecule has 1 saturated heterocycles. The van der Waals surface area contributed by atoms with Crippen LogP contribution in [0.15, 0.2) is 0 Å². The van der Waals surface area contributed by atoms with Crippen LogP contribution >= 0.6 is 24.8 Å². The van der Waals surface area contributed by atoms with Gasteiger partial charge in [-0.3, -0.25) is 9.69 Å². The van der Waals surface area contributed by atoms with Crippen molar-refractivity contribution in [1.82, 2.24) is 10.2 Å². The zero-order valence-corrected chi connectivity index (χ0v) is 14.0. The molecule has 1 amide bonds. The summed E-state index contributed by atoms with van der Waals surface area (Å²) in [7, 11) is 0. The van der Waals surface area contributed by atoms with E-state index in [-0.39, 0.29) is 36.6 Å². The molecule has 1 atom stereocenters. The maximum Gasteiger partial charge on any atom is 0.401 e. The van der Waals surface area contributed by atoms with Gasteiger partial charge < -0.3 is 11.1 Å². The van der Waals surface area contributed by atoms with Gasteiger partial charge in [0.1, 0.15) is 0 Å². The number of rotatable bonds is 4. The zero-order valence-electron chi connectivity index (χ0n) is 12.3. The average molecular weight is 366 g/mol. The van der Waals surface area contributed by atoms with E-state index in [9.17, 15) is 18.0 Å². The first kappa shape index (κ1) is 21.8. The van der Waals surface area contributed by atoms with Crippen LogP contribution in [-0.4, -0.2) is 48.7 Å². The highest BCUT2D eigenvalue weighted by Gasteiger charge is 2.38. The van der Waals surface area contributed by atoms with Gasteiger partial charge in [0.15, 0.2) is 0 Å². The monoisotopic (exact) mass is 365 g/mol. The van der Waals surface area contributed by atoms with Gasteiger partial charge >= 0.3 is 6.18 Å². The normalized spacial score (nSPS) is 24.5. The molecule has 3 N–H and O–H groups in total. The van der Waals surface area contributed by atoms with Gasteiger partial charge in [-0.05, 0) is 31.7 Å². The molecule has 0 bridgehead atoms. The molecule has 0 aromatic carbocycles. The molecule has 4 nitrogen and oxygen atoms in total. The van der Waals surface area contributed by atoms with Gasteiger partial charge in [0.05, 0.1) is 12.1 Å². The summed E-state index contributed by atoms with van der Waals surface area (Å²) in [5.74, 6) is -0.0597. The van der Waals surface area contributed by atoms with Crippen molar-refractivity contribution in [2.75, 3.05) is 26.2 Å². The van der Waals surface area contributed by atoms with Crippen LogP contribution in [0.1, 0.15) is 32.1 Å². The lowest BCUT2D eigenvalue weighted by molar-refractivity contribution is -0.143. The lowest BCUT2D eigenvalue weighted by Gasteiger charge is -2.23. The first-order valence-electron chi connectivity index (χ1n) is 7.15. The minimum atomic E-state index is -4.15. The first-order chi connectivity index (χ1) is 9.28. The molecule has 1 aliphatic heterocycles. The summed E-state index contributed by atoms with van der Waals surface area (Å²) in [6, 6.07) is 0. The third kappa shape index (κ3) is 6.10. The van der Waals surface area contributed by atoms with Crippen LogP contribution in [0.5, 0.6) is 0 Å². The molecule has 22 heavy (non-hydrogen) atoms. The van der Waals surface area contributed by atoms with Crippen LogP contribution in [0.2, 0.25) is 0 Å². The van der Waals surface area contributed by atoms with E-state index in [4.69, 9.17) is 5.73 Å². The second-order valence-electron chi connectivity index (χ2n) is 6.08. The molecule has 0 spiro atoms. The molecule has 1 aliphatic carbocycles. The van der Waals surface area contributed by atoms with E-state index < -0.39 is 18.3 Å². The molecule has 2 aliphatic rings. The predicted molar refractivity (Wildman–Crippen MR) is 83.5 cm³/mol. The van der Waals surface area contributed by atoms with Crippen molar-refractivity contribution < 1.29 is 18.0 Å². The topological polar surface area (TPSA) is 58.4 Å². The quantitative estimate of drug-likeness (QED) is 0.801. The Balaban J connectivity index is 0.00000220. The van der Waals surface area contributed by atoms with Crippen molar-refractivity contribution in [1.29, 1.82) is 0 Å². The third-order valence-electron chi connectivity index (χ3n) is 4.27. The Bertz CT molecular complexity index is 363. The molecule has 1 heterocycles. The Morgan fingerprint density at radius 2 is 1.86 bits per heavy atom. The molecular formula is C13H24Cl2F3N3O. The molecule has 0 radical (unpaired) electrons. The highest BCUT2D eigenvalue weighted by molar-refractivity contribution is 5.86. The molecular weight excluding hydrogens is 342 g/mol. The lowest BCUT2D eigenvalue weighted by atomic mass is 9.97. The molecule has 0 aromatic rings. The number of hydrogen-bond donors (Lipinski definition) is 2. The van der Waals surface area contributed by atoms with Crippen LogP contribution in [0.4, 0.5) is 13.2 Å². The fraction of sp³-hybridized carbons (Fsp3) is 0.923. The minimum Gasteiger partial charge on any atom is -0.354 e. The van der Waals surface area contributed by atoms with E-state index in [1.807, 2.05) is 0 Å². The van der Waals surface area contributed by atoms with Crippen molar-refractivity contribution in [3.05, 3.63) is 0 Å². The number of halogens is 5. The molecule has 132 valence electrons. The zero-order chi connectivity index (χ0) is 14.8. The van der Waals surface area contributed by atoms with E-state index in [0.29, 0.717) is 38.9 Å². The predicted octanol–water partition coefficient (Wildman–Crippen LogP) is 2.10. The van der Waals surface area contributed by atoms with E-state index in [1.165, 1.54) is 4.90 Å². The summed E-state index contributed by atoms with van der Waals surface area (Å²) in [5.41, 5.74) is 5.27. The maximum absolute atomic E-state index is 12.3. The van der Waals surface area contributed by atoms with E-state index >= 15 is 0 Å². The number of hydrogen-bond acceptors (Lipinski definition) is 3. The summed E-state index contributed by atoms with van der Waals surface area (Å²) in [4.78, 5) is 13.4. The van der Waals surface area contributed by atoms with Gasteiger partial charge in [-0.1, -0.05) is 12.8 Å². The van der Waals surface area contributed by atoms with Crippen molar-refractivity contribution in [2.45, 2.75) is 43.8 Å². The Kier molecular flexibility index (Phi) is 8.47. The Labute approximate surface area is 141 Å². The Morgan fingerprint density at radius 3 is 2.41 bits per heavy atom. The van der Waals surface area contributed by atoms with Crippen LogP contribution in [0.3, 0.4) is 0 Å². The summed E-state index contributed by atoms with van der Waals surface area (Å²) in [5, 5.41) is 2.82. The fourth-order valence-electron chi connectivity index (χ4n) is 3.12. The van der Waals surface area contributed by atoms with E-state index in [1.54, 1.807) is 0 Å². The molecule has 1 unspecified atom stereocenters. The van der Waals surface area contributed by atoms with E-state index in [0.717, 1.165) is 12.8 Å². The molecule has 9 heteroatoms. The summed E-state index contributed by atoms with van der Waals surface area (Å²) in [6.07, 6.45) is -0.135. The molecule has 2 fully saturated rings. The van der Waals surface area contributed by atoms with Gasteiger partial charge in [0, 0.05) is 13.1 Å². The molecule has 2 rings (SSSR count). The summed E-state index contributed by atoms with van der Waals surface area (Å²) < 4.78 is 36.8. The number of carbonyl (C=O) groups excluding carboxylic acids is 1. The third-order valence-corrected chi connectivity index (χ3v) is 4.27. The largest absolute Gasteiger partial charge is 0.401 e. The van der Waals surface area contributed by atoms with Gasteiger partial charge in [0.2, 0.25) is 5.91 Å². The standard InChI is InChI=1S/C13H22F3N3O.2ClH/c14-13(15,16)9-19-6-3-10(8-19)7-18-11(20)12(17)4-1-2-5-12;;/h10H,1-9,17H2,(H,18,20);2*1H. The van der Waals surface area contributed by atoms with Crippen LogP contribution in [0.25, 0.3) is 0 Å². The van der Waals surface area contributed by atoms with Crippen molar-refractivity contribution in [3.8, 4) is 0 Å². The number of nitrogens with one attached hydrogen (secondary N) is 1. The minimum absolute atomic E-state index is 0. The summed E-state index contributed by atoms with van der Waals surface area (Å²) >= 11 is 0. The Morgan fingerprint density at radius 1 is 1.27 bits per heavy atom. The smallest absolute Gasteiger partial charge is 0.354 e. The second-order valence-corrected chi connectivity index (χ2v) is 6.08. The van der Waals surface area contributed by atoms with Crippen molar-refractivity contribution in [3.63, 3.8) is 0 Å². The number of amides is 1. The SMILES string of the molecule is Cl.Cl.NC1(C(=O)NCC2CCN(CC(F)(F)F)C2)CCCC1. The fourth-order valence-corrected chi connectivity index (χ4v) is 3.12. The maximum atomic E-state index is 12.3. The highest BCUT2D eigenvalue weighted by atomic mass is 35.5. The molecule has 1 saturated carbocycles. The number of carbonyl (C=O) groups is 1. The number of alkyl halides is 3. The second kappa shape index (κ2) is 8.57. The highest BCUT2D eigenvalue weighted by Crippen LogP contribution is 2.27. The molecule has 0 aromatic heterocycles. The first-order valence-corrected chi connectivity index (χ1v) is 7.15. The van der Waals surface area contributed by atoms with Gasteiger partial charge in [-0.15, -0.1) is 24.8 Å². The lowest BCUT2D eigenvalue weighted by Crippen LogP contribution is -2.52. The van der Waals surface area contributed by atoms with Crippen LogP contribution in [-0.2, 0) is 4.79 Å². The number of likely N-dealkylation sites (tertiary alicyclic amines) is 1.